The van der Waals surface area contributed by atoms with E-state index < -0.39 is 5.91 Å². The molecule has 6 heteroatoms. The van der Waals surface area contributed by atoms with Gasteiger partial charge in [-0.25, -0.2) is 0 Å². The lowest BCUT2D eigenvalue weighted by Crippen LogP contribution is -2.23. The van der Waals surface area contributed by atoms with Crippen molar-refractivity contribution in [1.82, 2.24) is 5.32 Å². The summed E-state index contributed by atoms with van der Waals surface area (Å²) in [5.74, 6) is -0.514. The summed E-state index contributed by atoms with van der Waals surface area (Å²) >= 11 is 3.41. The van der Waals surface area contributed by atoms with E-state index in [0.717, 1.165) is 21.0 Å². The molecule has 0 atom stereocenters. The van der Waals surface area contributed by atoms with Crippen LogP contribution >= 0.6 is 15.9 Å². The smallest absolute Gasteiger partial charge is 0.287 e. The quantitative estimate of drug-likeness (QED) is 0.718. The summed E-state index contributed by atoms with van der Waals surface area (Å²) in [6, 6.07) is 12.4. The summed E-state index contributed by atoms with van der Waals surface area (Å²) in [4.78, 5) is 23.6. The second-order valence-corrected chi connectivity index (χ2v) is 6.36. The molecule has 1 aromatic heterocycles. The van der Waals surface area contributed by atoms with E-state index in [9.17, 15) is 9.59 Å². The molecule has 0 saturated carbocycles. The number of hydrogen-bond acceptors (Lipinski definition) is 3. The number of amides is 2. The van der Waals surface area contributed by atoms with E-state index in [1.807, 2.05) is 31.2 Å². The molecule has 2 aromatic carbocycles. The second-order valence-electron chi connectivity index (χ2n) is 5.44. The van der Waals surface area contributed by atoms with E-state index in [4.69, 9.17) is 10.2 Å². The molecule has 3 N–H and O–H groups in total. The van der Waals surface area contributed by atoms with Crippen molar-refractivity contribution < 1.29 is 14.0 Å². The molecule has 1 heterocycles. The largest absolute Gasteiger partial charge is 0.451 e. The van der Waals surface area contributed by atoms with Gasteiger partial charge in [-0.1, -0.05) is 28.1 Å². The summed E-state index contributed by atoms with van der Waals surface area (Å²) in [5.41, 5.74) is 7.91. The number of carbonyl (C=O) groups is 2. The number of fused-ring (bicyclic) bond motifs is 1. The van der Waals surface area contributed by atoms with Crippen molar-refractivity contribution in [3.63, 3.8) is 0 Å². The highest BCUT2D eigenvalue weighted by atomic mass is 79.9. The van der Waals surface area contributed by atoms with Crippen LogP contribution in [0.15, 0.2) is 51.4 Å². The highest BCUT2D eigenvalue weighted by Gasteiger charge is 2.17. The summed E-state index contributed by atoms with van der Waals surface area (Å²) < 4.78 is 6.58. The van der Waals surface area contributed by atoms with Gasteiger partial charge in [0.15, 0.2) is 5.76 Å². The summed E-state index contributed by atoms with van der Waals surface area (Å²) in [7, 11) is 0. The van der Waals surface area contributed by atoms with Gasteiger partial charge in [-0.15, -0.1) is 0 Å². The predicted molar refractivity (Wildman–Crippen MR) is 94.8 cm³/mol. The van der Waals surface area contributed by atoms with Crippen molar-refractivity contribution in [2.24, 2.45) is 5.73 Å². The van der Waals surface area contributed by atoms with Gasteiger partial charge in [-0.2, -0.15) is 0 Å². The lowest BCUT2D eigenvalue weighted by molar-refractivity contribution is 0.0924. The Morgan fingerprint density at radius 1 is 1.21 bits per heavy atom. The summed E-state index contributed by atoms with van der Waals surface area (Å²) in [5, 5.41) is 3.70. The van der Waals surface area contributed by atoms with Gasteiger partial charge >= 0.3 is 0 Å². The fourth-order valence-electron chi connectivity index (χ4n) is 2.51. The van der Waals surface area contributed by atoms with Crippen LogP contribution in [0.2, 0.25) is 0 Å². The average molecular weight is 387 g/mol. The highest BCUT2D eigenvalue weighted by Crippen LogP contribution is 2.28. The maximum Gasteiger partial charge on any atom is 0.287 e. The first-order chi connectivity index (χ1) is 11.5. The lowest BCUT2D eigenvalue weighted by Gasteiger charge is -2.05. The number of halogens is 1. The SMILES string of the molecule is Cc1c(C(=O)NCc2cccc(C(N)=O)c2)oc2ccc(Br)cc12. The van der Waals surface area contributed by atoms with Crippen LogP contribution in [0.5, 0.6) is 0 Å². The molecule has 3 aromatic rings. The third kappa shape index (κ3) is 3.19. The van der Waals surface area contributed by atoms with Crippen LogP contribution in [0.3, 0.4) is 0 Å². The van der Waals surface area contributed by atoms with Crippen molar-refractivity contribution in [2.75, 3.05) is 0 Å². The summed E-state index contributed by atoms with van der Waals surface area (Å²) in [6.45, 7) is 2.13. The Morgan fingerprint density at radius 3 is 2.75 bits per heavy atom. The molecule has 0 spiro atoms. The molecule has 0 saturated heterocycles. The Balaban J connectivity index is 1.79. The first-order valence-corrected chi connectivity index (χ1v) is 8.10. The van der Waals surface area contributed by atoms with Crippen LogP contribution in [0.1, 0.15) is 32.0 Å². The average Bonchev–Trinajstić information content (AvgIpc) is 2.89. The topological polar surface area (TPSA) is 85.3 Å². The Kier molecular flexibility index (Phi) is 4.40. The van der Waals surface area contributed by atoms with Crippen molar-refractivity contribution in [3.05, 3.63) is 69.4 Å². The number of aryl methyl sites for hydroxylation is 1. The molecule has 5 nitrogen and oxygen atoms in total. The zero-order valence-corrected chi connectivity index (χ0v) is 14.5. The van der Waals surface area contributed by atoms with Crippen LogP contribution in [-0.2, 0) is 6.54 Å². The van der Waals surface area contributed by atoms with Gasteiger partial charge < -0.3 is 15.5 Å². The molecular formula is C18H15BrN2O3. The monoisotopic (exact) mass is 386 g/mol. The number of furan rings is 1. The second kappa shape index (κ2) is 6.49. The van der Waals surface area contributed by atoms with E-state index in [0.29, 0.717) is 11.1 Å². The minimum absolute atomic E-state index is 0.278. The van der Waals surface area contributed by atoms with Crippen molar-refractivity contribution >= 4 is 38.7 Å². The minimum Gasteiger partial charge on any atom is -0.451 e. The molecule has 0 aliphatic carbocycles. The van der Waals surface area contributed by atoms with Gasteiger partial charge in [0.1, 0.15) is 5.58 Å². The molecule has 2 amide bonds. The molecule has 0 unspecified atom stereocenters. The van der Waals surface area contributed by atoms with Gasteiger partial charge in [0.25, 0.3) is 5.91 Å². The number of carbonyl (C=O) groups excluding carboxylic acids is 2. The van der Waals surface area contributed by atoms with Crippen molar-refractivity contribution in [2.45, 2.75) is 13.5 Å². The van der Waals surface area contributed by atoms with Crippen LogP contribution in [0.25, 0.3) is 11.0 Å². The van der Waals surface area contributed by atoms with Crippen molar-refractivity contribution in [1.29, 1.82) is 0 Å². The fraction of sp³-hybridized carbons (Fsp3) is 0.111. The first kappa shape index (κ1) is 16.3. The van der Waals surface area contributed by atoms with Gasteiger partial charge in [0.05, 0.1) is 0 Å². The maximum absolute atomic E-state index is 12.4. The molecule has 24 heavy (non-hydrogen) atoms. The van der Waals surface area contributed by atoms with Crippen LogP contribution in [0.4, 0.5) is 0 Å². The zero-order chi connectivity index (χ0) is 17.3. The Labute approximate surface area is 147 Å². The third-order valence-corrected chi connectivity index (χ3v) is 4.26. The predicted octanol–water partition coefficient (Wildman–Crippen LogP) is 3.53. The number of primary amides is 1. The Hall–Kier alpha value is -2.60. The van der Waals surface area contributed by atoms with Crippen LogP contribution in [0, 0.1) is 6.92 Å². The molecule has 0 aliphatic rings. The third-order valence-electron chi connectivity index (χ3n) is 3.77. The highest BCUT2D eigenvalue weighted by molar-refractivity contribution is 9.10. The van der Waals surface area contributed by atoms with Crippen LogP contribution in [-0.4, -0.2) is 11.8 Å². The van der Waals surface area contributed by atoms with E-state index in [1.54, 1.807) is 18.2 Å². The Morgan fingerprint density at radius 2 is 2.00 bits per heavy atom. The van der Waals surface area contributed by atoms with E-state index in [2.05, 4.69) is 21.2 Å². The minimum atomic E-state index is -0.498. The standard InChI is InChI=1S/C18H15BrN2O3/c1-10-14-8-13(19)5-6-15(14)24-16(10)18(23)21-9-11-3-2-4-12(7-11)17(20)22/h2-8H,9H2,1H3,(H2,20,22)(H,21,23). The van der Waals surface area contributed by atoms with Gasteiger partial charge in [-0.3, -0.25) is 9.59 Å². The number of benzene rings is 2. The number of hydrogen-bond donors (Lipinski definition) is 2. The Bertz CT molecular complexity index is 947. The molecule has 0 bridgehead atoms. The number of rotatable bonds is 4. The van der Waals surface area contributed by atoms with E-state index >= 15 is 0 Å². The zero-order valence-electron chi connectivity index (χ0n) is 12.9. The molecular weight excluding hydrogens is 372 g/mol. The molecule has 3 rings (SSSR count). The number of nitrogens with two attached hydrogens (primary N) is 1. The van der Waals surface area contributed by atoms with E-state index in [1.165, 1.54) is 0 Å². The molecule has 122 valence electrons. The molecule has 0 fully saturated rings. The van der Waals surface area contributed by atoms with E-state index in [-0.39, 0.29) is 18.2 Å². The lowest BCUT2D eigenvalue weighted by atomic mass is 10.1. The van der Waals surface area contributed by atoms with Gasteiger partial charge in [-0.05, 0) is 42.8 Å². The molecule has 0 radical (unpaired) electrons. The molecule has 0 aliphatic heterocycles. The van der Waals surface area contributed by atoms with Gasteiger partial charge in [0, 0.05) is 27.5 Å². The number of nitrogens with one attached hydrogen (secondary N) is 1. The normalized spacial score (nSPS) is 10.8. The summed E-state index contributed by atoms with van der Waals surface area (Å²) in [6.07, 6.45) is 0. The first-order valence-electron chi connectivity index (χ1n) is 7.31. The fourth-order valence-corrected chi connectivity index (χ4v) is 2.87. The van der Waals surface area contributed by atoms with Gasteiger partial charge in [0.2, 0.25) is 5.91 Å². The van der Waals surface area contributed by atoms with Crippen molar-refractivity contribution in [3.8, 4) is 0 Å². The van der Waals surface area contributed by atoms with Crippen LogP contribution < -0.4 is 11.1 Å². The maximum atomic E-state index is 12.4.